The first-order valence-corrected chi connectivity index (χ1v) is 7.20. The average Bonchev–Trinajstić information content (AvgIpc) is 2.41. The number of alkyl carbamates (subject to hydrolysis) is 1. The first kappa shape index (κ1) is 18.2. The maximum atomic E-state index is 13.0. The molecule has 1 aromatic rings. The Bertz CT molecular complexity index is 499. The minimum absolute atomic E-state index is 0.0316. The third-order valence-corrected chi connectivity index (χ3v) is 2.71. The van der Waals surface area contributed by atoms with Gasteiger partial charge in [-0.25, -0.2) is 9.18 Å². The van der Waals surface area contributed by atoms with Crippen molar-refractivity contribution in [3.05, 3.63) is 29.6 Å². The Morgan fingerprint density at radius 3 is 2.68 bits per heavy atom. The Kier molecular flexibility index (Phi) is 6.61. The number of aliphatic hydroxyl groups excluding tert-OH is 1. The summed E-state index contributed by atoms with van der Waals surface area (Å²) in [7, 11) is 0. The molecule has 1 aromatic carbocycles. The lowest BCUT2D eigenvalue weighted by Gasteiger charge is -2.21. The Labute approximate surface area is 130 Å². The van der Waals surface area contributed by atoms with Crippen LogP contribution in [0.3, 0.4) is 0 Å². The van der Waals surface area contributed by atoms with Crippen molar-refractivity contribution in [1.29, 1.82) is 0 Å². The number of carbonyl (C=O) groups is 1. The molecule has 0 aliphatic heterocycles. The normalized spacial score (nSPS) is 12.6. The summed E-state index contributed by atoms with van der Waals surface area (Å²) in [5, 5.41) is 11.8. The van der Waals surface area contributed by atoms with E-state index in [1.165, 1.54) is 18.2 Å². The first-order valence-electron chi connectivity index (χ1n) is 7.20. The van der Waals surface area contributed by atoms with Gasteiger partial charge < -0.3 is 19.9 Å². The molecule has 0 fully saturated rings. The molecule has 0 aliphatic rings. The molecule has 1 atom stereocenters. The molecule has 22 heavy (non-hydrogen) atoms. The summed E-state index contributed by atoms with van der Waals surface area (Å²) in [6.07, 6.45) is -0.475. The standard InChI is InChI=1S/C16H24FNO4/c1-11(8-18-15(20)22-16(2,3)4)10-21-14-6-5-13(17)7-12(14)9-19/h5-7,11,19H,8-10H2,1-4H3,(H,18,20)/t11-/m0/s1. The molecule has 0 aliphatic carbocycles. The smallest absolute Gasteiger partial charge is 0.407 e. The van der Waals surface area contributed by atoms with E-state index in [9.17, 15) is 14.3 Å². The van der Waals surface area contributed by atoms with Gasteiger partial charge in [-0.1, -0.05) is 6.92 Å². The maximum absolute atomic E-state index is 13.0. The highest BCUT2D eigenvalue weighted by Crippen LogP contribution is 2.20. The fourth-order valence-electron chi connectivity index (χ4n) is 1.68. The lowest BCUT2D eigenvalue weighted by atomic mass is 10.2. The van der Waals surface area contributed by atoms with Gasteiger partial charge in [0.2, 0.25) is 0 Å². The van der Waals surface area contributed by atoms with Gasteiger partial charge in [0, 0.05) is 18.0 Å². The Morgan fingerprint density at radius 2 is 2.09 bits per heavy atom. The van der Waals surface area contributed by atoms with Crippen LogP contribution in [0.1, 0.15) is 33.3 Å². The summed E-state index contributed by atoms with van der Waals surface area (Å²) in [4.78, 5) is 11.5. The zero-order valence-electron chi connectivity index (χ0n) is 13.5. The molecule has 124 valence electrons. The van der Waals surface area contributed by atoms with E-state index >= 15 is 0 Å². The first-order chi connectivity index (χ1) is 10.2. The Hall–Kier alpha value is -1.82. The number of nitrogens with one attached hydrogen (secondary N) is 1. The molecule has 1 amide bonds. The van der Waals surface area contributed by atoms with Gasteiger partial charge in [-0.2, -0.15) is 0 Å². The van der Waals surface area contributed by atoms with Gasteiger partial charge >= 0.3 is 6.09 Å². The summed E-state index contributed by atoms with van der Waals surface area (Å²) in [6, 6.07) is 3.99. The lowest BCUT2D eigenvalue weighted by Crippen LogP contribution is -2.35. The SMILES string of the molecule is C[C@@H](CNC(=O)OC(C)(C)C)COc1ccc(F)cc1CO. The van der Waals surface area contributed by atoms with Crippen LogP contribution in [0.15, 0.2) is 18.2 Å². The van der Waals surface area contributed by atoms with Crippen LogP contribution in [-0.2, 0) is 11.3 Å². The van der Waals surface area contributed by atoms with Crippen LogP contribution in [0.25, 0.3) is 0 Å². The molecule has 2 N–H and O–H groups in total. The van der Waals surface area contributed by atoms with Crippen LogP contribution < -0.4 is 10.1 Å². The molecule has 1 rings (SSSR count). The van der Waals surface area contributed by atoms with E-state index < -0.39 is 17.5 Å². The summed E-state index contributed by atoms with van der Waals surface area (Å²) >= 11 is 0. The fraction of sp³-hybridized carbons (Fsp3) is 0.562. The van der Waals surface area contributed by atoms with Crippen LogP contribution in [-0.4, -0.2) is 30.0 Å². The second kappa shape index (κ2) is 7.98. The molecule has 6 heteroatoms. The third-order valence-electron chi connectivity index (χ3n) is 2.71. The number of halogens is 1. The van der Waals surface area contributed by atoms with Gasteiger partial charge in [0.25, 0.3) is 0 Å². The van der Waals surface area contributed by atoms with Crippen LogP contribution in [0.4, 0.5) is 9.18 Å². The summed E-state index contributed by atoms with van der Waals surface area (Å²) < 4.78 is 23.7. The van der Waals surface area contributed by atoms with E-state index in [0.717, 1.165) is 0 Å². The van der Waals surface area contributed by atoms with E-state index in [0.29, 0.717) is 24.5 Å². The molecule has 0 spiro atoms. The maximum Gasteiger partial charge on any atom is 0.407 e. The third kappa shape index (κ3) is 6.76. The van der Waals surface area contributed by atoms with E-state index in [1.54, 1.807) is 20.8 Å². The molecular weight excluding hydrogens is 289 g/mol. The minimum atomic E-state index is -0.534. The Balaban J connectivity index is 2.40. The second-order valence-corrected chi connectivity index (χ2v) is 6.21. The highest BCUT2D eigenvalue weighted by atomic mass is 19.1. The number of benzene rings is 1. The highest BCUT2D eigenvalue weighted by molar-refractivity contribution is 5.67. The van der Waals surface area contributed by atoms with Gasteiger partial charge in [-0.15, -0.1) is 0 Å². The summed E-state index contributed by atoms with van der Waals surface area (Å²) in [5.74, 6) is 0.0492. The average molecular weight is 313 g/mol. The number of rotatable bonds is 6. The van der Waals surface area contributed by atoms with Crippen molar-refractivity contribution in [2.75, 3.05) is 13.2 Å². The highest BCUT2D eigenvalue weighted by Gasteiger charge is 2.16. The number of hydrogen-bond acceptors (Lipinski definition) is 4. The monoisotopic (exact) mass is 313 g/mol. The number of hydrogen-bond donors (Lipinski definition) is 2. The zero-order valence-corrected chi connectivity index (χ0v) is 13.5. The Morgan fingerprint density at radius 1 is 1.41 bits per heavy atom. The molecular formula is C16H24FNO4. The van der Waals surface area contributed by atoms with Crippen molar-refractivity contribution >= 4 is 6.09 Å². The van der Waals surface area contributed by atoms with Crippen molar-refractivity contribution in [3.8, 4) is 5.75 Å². The van der Waals surface area contributed by atoms with E-state index in [1.807, 2.05) is 6.92 Å². The largest absolute Gasteiger partial charge is 0.493 e. The topological polar surface area (TPSA) is 67.8 Å². The summed E-state index contributed by atoms with van der Waals surface area (Å²) in [5.41, 5.74) is -0.138. The second-order valence-electron chi connectivity index (χ2n) is 6.21. The van der Waals surface area contributed by atoms with Crippen LogP contribution in [0, 0.1) is 11.7 Å². The fourth-order valence-corrected chi connectivity index (χ4v) is 1.68. The van der Waals surface area contributed by atoms with Crippen molar-refractivity contribution in [2.24, 2.45) is 5.92 Å². The van der Waals surface area contributed by atoms with Crippen molar-refractivity contribution in [3.63, 3.8) is 0 Å². The van der Waals surface area contributed by atoms with Gasteiger partial charge in [-0.05, 0) is 39.0 Å². The molecule has 0 radical (unpaired) electrons. The predicted octanol–water partition coefficient (Wildman–Crippen LogP) is 2.86. The number of ether oxygens (including phenoxy) is 2. The van der Waals surface area contributed by atoms with Gasteiger partial charge in [-0.3, -0.25) is 0 Å². The van der Waals surface area contributed by atoms with Gasteiger partial charge in [0.1, 0.15) is 17.2 Å². The van der Waals surface area contributed by atoms with E-state index in [4.69, 9.17) is 9.47 Å². The molecule has 0 aromatic heterocycles. The van der Waals surface area contributed by atoms with Crippen LogP contribution in [0.5, 0.6) is 5.75 Å². The van der Waals surface area contributed by atoms with Crippen molar-refractivity contribution in [2.45, 2.75) is 39.9 Å². The molecule has 0 saturated carbocycles. The number of carbonyl (C=O) groups excluding carboxylic acids is 1. The molecule has 0 bridgehead atoms. The zero-order chi connectivity index (χ0) is 16.8. The van der Waals surface area contributed by atoms with Crippen molar-refractivity contribution in [1.82, 2.24) is 5.32 Å². The molecule has 0 saturated heterocycles. The predicted molar refractivity (Wildman–Crippen MR) is 81.2 cm³/mol. The van der Waals surface area contributed by atoms with Crippen LogP contribution >= 0.6 is 0 Å². The molecule has 5 nitrogen and oxygen atoms in total. The molecule has 0 heterocycles. The summed E-state index contributed by atoms with van der Waals surface area (Å²) in [6.45, 7) is 7.72. The lowest BCUT2D eigenvalue weighted by molar-refractivity contribution is 0.0516. The van der Waals surface area contributed by atoms with E-state index in [-0.39, 0.29) is 12.5 Å². The van der Waals surface area contributed by atoms with Gasteiger partial charge in [0.05, 0.1) is 13.2 Å². The minimum Gasteiger partial charge on any atom is -0.493 e. The van der Waals surface area contributed by atoms with Gasteiger partial charge in [0.15, 0.2) is 0 Å². The van der Waals surface area contributed by atoms with E-state index in [2.05, 4.69) is 5.32 Å². The molecule has 0 unspecified atom stereocenters. The van der Waals surface area contributed by atoms with Crippen molar-refractivity contribution < 1.29 is 23.8 Å². The van der Waals surface area contributed by atoms with Crippen LogP contribution in [0.2, 0.25) is 0 Å². The number of amides is 1. The quantitative estimate of drug-likeness (QED) is 0.847. The number of aliphatic hydroxyl groups is 1.